The number of hydrogen-bond donors (Lipinski definition) is 1. The van der Waals surface area contributed by atoms with Gasteiger partial charge in [-0.3, -0.25) is 4.90 Å². The largest absolute Gasteiger partial charge is 0.380 e. The molecule has 108 valence electrons. The third-order valence-electron chi connectivity index (χ3n) is 3.93. The van der Waals surface area contributed by atoms with E-state index < -0.39 is 0 Å². The van der Waals surface area contributed by atoms with Gasteiger partial charge in [-0.1, -0.05) is 20.8 Å². The molecule has 1 saturated heterocycles. The van der Waals surface area contributed by atoms with Crippen molar-refractivity contribution >= 4 is 0 Å². The van der Waals surface area contributed by atoms with Crippen LogP contribution < -0.4 is 5.32 Å². The quantitative estimate of drug-likeness (QED) is 0.708. The lowest BCUT2D eigenvalue weighted by atomic mass is 10.1. The molecular formula is C15H32N2O. The van der Waals surface area contributed by atoms with Crippen molar-refractivity contribution in [1.29, 1.82) is 0 Å². The number of ether oxygens (including phenoxy) is 1. The van der Waals surface area contributed by atoms with Crippen molar-refractivity contribution in [2.45, 2.75) is 59.0 Å². The maximum absolute atomic E-state index is 5.74. The van der Waals surface area contributed by atoms with Crippen LogP contribution in [0.5, 0.6) is 0 Å². The van der Waals surface area contributed by atoms with Crippen molar-refractivity contribution < 1.29 is 4.74 Å². The zero-order valence-electron chi connectivity index (χ0n) is 12.7. The summed E-state index contributed by atoms with van der Waals surface area (Å²) in [5.41, 5.74) is 0. The molecule has 1 N–H and O–H groups in total. The van der Waals surface area contributed by atoms with Gasteiger partial charge in [0.15, 0.2) is 0 Å². The molecule has 1 aliphatic heterocycles. The van der Waals surface area contributed by atoms with E-state index in [-0.39, 0.29) is 0 Å². The van der Waals surface area contributed by atoms with E-state index in [1.54, 1.807) is 0 Å². The summed E-state index contributed by atoms with van der Waals surface area (Å²) in [6.45, 7) is 14.3. The van der Waals surface area contributed by atoms with Gasteiger partial charge in [-0.25, -0.2) is 0 Å². The first-order valence-electron chi connectivity index (χ1n) is 7.68. The fourth-order valence-electron chi connectivity index (χ4n) is 2.39. The van der Waals surface area contributed by atoms with Crippen molar-refractivity contribution in [3.8, 4) is 0 Å². The van der Waals surface area contributed by atoms with E-state index in [1.165, 1.54) is 25.8 Å². The lowest BCUT2D eigenvalue weighted by Crippen LogP contribution is -2.41. The highest BCUT2D eigenvalue weighted by molar-refractivity contribution is 4.80. The summed E-state index contributed by atoms with van der Waals surface area (Å²) in [6.07, 6.45) is 3.65. The maximum Gasteiger partial charge on any atom is 0.0593 e. The van der Waals surface area contributed by atoms with E-state index in [2.05, 4.69) is 37.9 Å². The van der Waals surface area contributed by atoms with Gasteiger partial charge in [-0.05, 0) is 38.6 Å². The fourth-order valence-corrected chi connectivity index (χ4v) is 2.39. The van der Waals surface area contributed by atoms with Crippen molar-refractivity contribution in [1.82, 2.24) is 10.2 Å². The van der Waals surface area contributed by atoms with Crippen LogP contribution in [0.4, 0.5) is 0 Å². The third-order valence-corrected chi connectivity index (χ3v) is 3.93. The smallest absolute Gasteiger partial charge is 0.0593 e. The van der Waals surface area contributed by atoms with E-state index in [4.69, 9.17) is 4.74 Å². The molecule has 3 heteroatoms. The van der Waals surface area contributed by atoms with Gasteiger partial charge in [0.2, 0.25) is 0 Å². The van der Waals surface area contributed by atoms with Crippen molar-refractivity contribution in [2.24, 2.45) is 5.92 Å². The molecule has 2 unspecified atom stereocenters. The first-order valence-corrected chi connectivity index (χ1v) is 7.68. The summed E-state index contributed by atoms with van der Waals surface area (Å²) < 4.78 is 5.74. The van der Waals surface area contributed by atoms with Crippen LogP contribution in [-0.4, -0.2) is 49.8 Å². The van der Waals surface area contributed by atoms with Crippen molar-refractivity contribution in [2.75, 3.05) is 32.8 Å². The Kier molecular flexibility index (Phi) is 7.87. The molecule has 0 aromatic rings. The van der Waals surface area contributed by atoms with Gasteiger partial charge in [-0.15, -0.1) is 0 Å². The lowest BCUT2D eigenvalue weighted by molar-refractivity contribution is 0.0826. The summed E-state index contributed by atoms with van der Waals surface area (Å²) in [5.74, 6) is 0.746. The Balaban J connectivity index is 2.21. The number of nitrogens with zero attached hydrogens (tertiary/aromatic N) is 1. The predicted molar refractivity (Wildman–Crippen MR) is 78.0 cm³/mol. The molecule has 0 saturated carbocycles. The molecule has 0 aromatic heterocycles. The van der Waals surface area contributed by atoms with E-state index in [0.29, 0.717) is 12.1 Å². The molecule has 0 radical (unpaired) electrons. The van der Waals surface area contributed by atoms with Crippen LogP contribution in [0.25, 0.3) is 0 Å². The molecular weight excluding hydrogens is 224 g/mol. The minimum Gasteiger partial charge on any atom is -0.380 e. The second-order valence-corrected chi connectivity index (χ2v) is 5.99. The van der Waals surface area contributed by atoms with Crippen molar-refractivity contribution in [3.63, 3.8) is 0 Å². The van der Waals surface area contributed by atoms with Gasteiger partial charge in [0.25, 0.3) is 0 Å². The highest BCUT2D eigenvalue weighted by Gasteiger charge is 2.21. The van der Waals surface area contributed by atoms with E-state index in [0.717, 1.165) is 32.2 Å². The van der Waals surface area contributed by atoms with Crippen LogP contribution >= 0.6 is 0 Å². The average Bonchev–Trinajstić information content (AvgIpc) is 2.51. The molecule has 0 aliphatic carbocycles. The topological polar surface area (TPSA) is 24.5 Å². The van der Waals surface area contributed by atoms with Crippen LogP contribution in [0.1, 0.15) is 47.0 Å². The zero-order valence-corrected chi connectivity index (χ0v) is 12.7. The SMILES string of the molecule is CCC1CN(CCOCCC(C)C)C(C)CCN1. The molecule has 1 heterocycles. The van der Waals surface area contributed by atoms with Crippen LogP contribution in [-0.2, 0) is 4.74 Å². The second-order valence-electron chi connectivity index (χ2n) is 5.99. The molecule has 0 spiro atoms. The number of hydrogen-bond acceptors (Lipinski definition) is 3. The number of nitrogens with one attached hydrogen (secondary N) is 1. The number of rotatable bonds is 7. The monoisotopic (exact) mass is 256 g/mol. The van der Waals surface area contributed by atoms with Crippen LogP contribution in [0.15, 0.2) is 0 Å². The van der Waals surface area contributed by atoms with Gasteiger partial charge < -0.3 is 10.1 Å². The predicted octanol–water partition coefficient (Wildman–Crippen LogP) is 2.51. The van der Waals surface area contributed by atoms with Crippen molar-refractivity contribution in [3.05, 3.63) is 0 Å². The molecule has 1 fully saturated rings. The second kappa shape index (κ2) is 8.89. The molecule has 3 nitrogen and oxygen atoms in total. The zero-order chi connectivity index (χ0) is 13.4. The average molecular weight is 256 g/mol. The van der Waals surface area contributed by atoms with Gasteiger partial charge in [0, 0.05) is 31.8 Å². The van der Waals surface area contributed by atoms with E-state index in [1.807, 2.05) is 0 Å². The third kappa shape index (κ3) is 6.17. The Morgan fingerprint density at radius 2 is 2.11 bits per heavy atom. The fraction of sp³-hybridized carbons (Fsp3) is 1.00. The Bertz CT molecular complexity index is 209. The van der Waals surface area contributed by atoms with Gasteiger partial charge in [-0.2, -0.15) is 0 Å². The Morgan fingerprint density at radius 3 is 2.78 bits per heavy atom. The first kappa shape index (κ1) is 15.9. The van der Waals surface area contributed by atoms with Crippen LogP contribution in [0, 0.1) is 5.92 Å². The summed E-state index contributed by atoms with van der Waals surface area (Å²) in [6, 6.07) is 1.34. The molecule has 0 amide bonds. The maximum atomic E-state index is 5.74. The molecule has 1 aliphatic rings. The van der Waals surface area contributed by atoms with Gasteiger partial charge >= 0.3 is 0 Å². The van der Waals surface area contributed by atoms with Gasteiger partial charge in [0.1, 0.15) is 0 Å². The molecule has 18 heavy (non-hydrogen) atoms. The van der Waals surface area contributed by atoms with Crippen LogP contribution in [0.2, 0.25) is 0 Å². The molecule has 0 aromatic carbocycles. The summed E-state index contributed by atoms with van der Waals surface area (Å²) in [7, 11) is 0. The standard InChI is InChI=1S/C15H32N2O/c1-5-15-12-17(14(4)6-8-16-15)9-11-18-10-7-13(2)3/h13-16H,5-12H2,1-4H3. The minimum absolute atomic E-state index is 0.658. The Morgan fingerprint density at radius 1 is 1.33 bits per heavy atom. The highest BCUT2D eigenvalue weighted by atomic mass is 16.5. The lowest BCUT2D eigenvalue weighted by Gasteiger charge is -2.28. The highest BCUT2D eigenvalue weighted by Crippen LogP contribution is 2.10. The first-order chi connectivity index (χ1) is 8.63. The molecule has 2 atom stereocenters. The summed E-state index contributed by atoms with van der Waals surface area (Å²) in [5, 5.41) is 3.63. The van der Waals surface area contributed by atoms with Gasteiger partial charge in [0.05, 0.1) is 6.61 Å². The summed E-state index contributed by atoms with van der Waals surface area (Å²) in [4.78, 5) is 2.59. The molecule has 1 rings (SSSR count). The summed E-state index contributed by atoms with van der Waals surface area (Å²) >= 11 is 0. The van der Waals surface area contributed by atoms with E-state index in [9.17, 15) is 0 Å². The van der Waals surface area contributed by atoms with Crippen LogP contribution in [0.3, 0.4) is 0 Å². The normalized spacial score (nSPS) is 26.5. The van der Waals surface area contributed by atoms with E-state index >= 15 is 0 Å². The minimum atomic E-state index is 0.658. The molecule has 0 bridgehead atoms. The Labute approximate surface area is 113 Å². The Hall–Kier alpha value is -0.120.